The Morgan fingerprint density at radius 2 is 1.84 bits per heavy atom. The number of amides is 2. The average Bonchev–Trinajstić information content (AvgIpc) is 3.27. The van der Waals surface area contributed by atoms with Crippen LogP contribution in [0.2, 0.25) is 0 Å². The van der Waals surface area contributed by atoms with Crippen LogP contribution in [-0.4, -0.2) is 34.2 Å². The number of ether oxygens (including phenoxy) is 1. The van der Waals surface area contributed by atoms with Crippen molar-refractivity contribution < 1.29 is 14.1 Å². The van der Waals surface area contributed by atoms with Crippen LogP contribution in [-0.2, 0) is 0 Å². The Morgan fingerprint density at radius 1 is 1.12 bits per heavy atom. The molecule has 32 heavy (non-hydrogen) atoms. The fourth-order valence-electron chi connectivity index (χ4n) is 3.85. The van der Waals surface area contributed by atoms with Crippen LogP contribution in [0.15, 0.2) is 64.8 Å². The van der Waals surface area contributed by atoms with Crippen LogP contribution < -0.4 is 10.1 Å². The Hall–Kier alpha value is -3.61. The number of urea groups is 1. The number of hydrogen-bond donors (Lipinski definition) is 1. The highest BCUT2D eigenvalue weighted by Crippen LogP contribution is 2.38. The van der Waals surface area contributed by atoms with E-state index in [1.54, 1.807) is 4.90 Å². The van der Waals surface area contributed by atoms with Gasteiger partial charge < -0.3 is 14.6 Å². The van der Waals surface area contributed by atoms with Gasteiger partial charge in [-0.25, -0.2) is 4.79 Å². The van der Waals surface area contributed by atoms with E-state index in [1.807, 2.05) is 68.4 Å². The quantitative estimate of drug-likeness (QED) is 0.549. The molecule has 0 radical (unpaired) electrons. The summed E-state index contributed by atoms with van der Waals surface area (Å²) in [6.07, 6.45) is 0. The first-order chi connectivity index (χ1) is 15.5. The van der Waals surface area contributed by atoms with Gasteiger partial charge in [0.1, 0.15) is 5.75 Å². The minimum Gasteiger partial charge on any atom is -0.494 e. The lowest BCUT2D eigenvalue weighted by atomic mass is 9.94. The van der Waals surface area contributed by atoms with Gasteiger partial charge in [-0.05, 0) is 37.5 Å². The zero-order chi connectivity index (χ0) is 22.7. The van der Waals surface area contributed by atoms with Gasteiger partial charge in [0.2, 0.25) is 5.82 Å². The smallest absolute Gasteiger partial charge is 0.322 e. The summed E-state index contributed by atoms with van der Waals surface area (Å²) in [6, 6.07) is 16.9. The second kappa shape index (κ2) is 9.26. The van der Waals surface area contributed by atoms with E-state index in [-0.39, 0.29) is 6.03 Å². The summed E-state index contributed by atoms with van der Waals surface area (Å²) < 4.78 is 11.3. The molecular weight excluding hydrogens is 404 g/mol. The Kier molecular flexibility index (Phi) is 6.25. The summed E-state index contributed by atoms with van der Waals surface area (Å²) in [6.45, 7) is 9.24. The molecule has 2 heterocycles. The number of carbonyl (C=O) groups excluding carboxylic acids is 1. The molecule has 166 valence electrons. The van der Waals surface area contributed by atoms with Gasteiger partial charge in [-0.15, -0.1) is 0 Å². The van der Waals surface area contributed by atoms with Gasteiger partial charge >= 0.3 is 6.03 Å². The van der Waals surface area contributed by atoms with Gasteiger partial charge in [-0.1, -0.05) is 61.5 Å². The van der Waals surface area contributed by atoms with Crippen molar-refractivity contribution in [2.75, 3.05) is 13.2 Å². The summed E-state index contributed by atoms with van der Waals surface area (Å²) in [5, 5.41) is 7.32. The van der Waals surface area contributed by atoms with Crippen molar-refractivity contribution in [1.29, 1.82) is 0 Å². The number of nitrogens with one attached hydrogen (secondary N) is 1. The molecule has 1 aromatic heterocycles. The highest BCUT2D eigenvalue weighted by molar-refractivity contribution is 5.86. The van der Waals surface area contributed by atoms with Crippen LogP contribution in [0.4, 0.5) is 4.79 Å². The third-order valence-corrected chi connectivity index (χ3v) is 5.36. The molecule has 0 aliphatic carbocycles. The average molecular weight is 433 g/mol. The van der Waals surface area contributed by atoms with E-state index in [2.05, 4.69) is 29.3 Å². The van der Waals surface area contributed by atoms with Crippen molar-refractivity contribution >= 4 is 11.6 Å². The van der Waals surface area contributed by atoms with Crippen LogP contribution >= 0.6 is 0 Å². The zero-order valence-electron chi connectivity index (χ0n) is 18.8. The maximum atomic E-state index is 13.0. The van der Waals surface area contributed by atoms with Gasteiger partial charge in [0.05, 0.1) is 18.2 Å². The van der Waals surface area contributed by atoms with Crippen LogP contribution in [0.3, 0.4) is 0 Å². The standard InChI is InChI=1S/C25H28N4O3/c1-5-31-20-13-11-18(12-14-20)22-21(17(4)29(15-16(2)3)25(30)26-22)24-27-23(28-32-24)19-9-7-6-8-10-19/h6-14,16,22H,5,15H2,1-4H3,(H,26,30). The fraction of sp³-hybridized carbons (Fsp3) is 0.320. The Bertz CT molecular complexity index is 1100. The van der Waals surface area contributed by atoms with Crippen LogP contribution in [0.5, 0.6) is 5.75 Å². The van der Waals surface area contributed by atoms with E-state index in [1.165, 1.54) is 0 Å². The normalized spacial score (nSPS) is 16.5. The van der Waals surface area contributed by atoms with Crippen molar-refractivity contribution in [2.24, 2.45) is 5.92 Å². The first kappa shape index (κ1) is 21.6. The predicted molar refractivity (Wildman–Crippen MR) is 123 cm³/mol. The third kappa shape index (κ3) is 4.37. The molecule has 4 rings (SSSR count). The highest BCUT2D eigenvalue weighted by Gasteiger charge is 2.35. The lowest BCUT2D eigenvalue weighted by Crippen LogP contribution is -2.47. The minimum absolute atomic E-state index is 0.137. The van der Waals surface area contributed by atoms with Crippen LogP contribution in [0.1, 0.15) is 45.2 Å². The molecule has 3 aromatic rings. The number of benzene rings is 2. The van der Waals surface area contributed by atoms with E-state index < -0.39 is 6.04 Å². The highest BCUT2D eigenvalue weighted by atomic mass is 16.5. The van der Waals surface area contributed by atoms with Gasteiger partial charge in [-0.3, -0.25) is 4.90 Å². The first-order valence-corrected chi connectivity index (χ1v) is 10.9. The van der Waals surface area contributed by atoms with Crippen molar-refractivity contribution in [1.82, 2.24) is 20.4 Å². The largest absolute Gasteiger partial charge is 0.494 e. The number of carbonyl (C=O) groups is 1. The van der Waals surface area contributed by atoms with Gasteiger partial charge in [-0.2, -0.15) is 4.98 Å². The molecule has 2 amide bonds. The SMILES string of the molecule is CCOc1ccc(C2NC(=O)N(CC(C)C)C(C)=C2c2nc(-c3ccccc3)no2)cc1. The molecule has 1 aliphatic rings. The molecule has 0 saturated carbocycles. The van der Waals surface area contributed by atoms with Crippen LogP contribution in [0, 0.1) is 5.92 Å². The summed E-state index contributed by atoms with van der Waals surface area (Å²) in [7, 11) is 0. The zero-order valence-corrected chi connectivity index (χ0v) is 18.8. The lowest BCUT2D eigenvalue weighted by molar-refractivity contribution is 0.199. The van der Waals surface area contributed by atoms with E-state index >= 15 is 0 Å². The number of nitrogens with zero attached hydrogens (tertiary/aromatic N) is 3. The van der Waals surface area contributed by atoms with Gasteiger partial charge in [0.15, 0.2) is 0 Å². The molecule has 1 N–H and O–H groups in total. The topological polar surface area (TPSA) is 80.5 Å². The molecule has 1 unspecified atom stereocenters. The fourth-order valence-corrected chi connectivity index (χ4v) is 3.85. The summed E-state index contributed by atoms with van der Waals surface area (Å²) in [5.74, 6) is 2.00. The van der Waals surface area contributed by atoms with E-state index in [0.717, 1.165) is 28.1 Å². The summed E-state index contributed by atoms with van der Waals surface area (Å²) >= 11 is 0. The Labute approximate surface area is 188 Å². The van der Waals surface area contributed by atoms with Crippen molar-refractivity contribution in [2.45, 2.75) is 33.7 Å². The molecular formula is C25H28N4O3. The first-order valence-electron chi connectivity index (χ1n) is 10.9. The maximum Gasteiger partial charge on any atom is 0.322 e. The minimum atomic E-state index is -0.411. The van der Waals surface area contributed by atoms with E-state index in [4.69, 9.17) is 9.26 Å². The molecule has 0 bridgehead atoms. The van der Waals surface area contributed by atoms with Crippen LogP contribution in [0.25, 0.3) is 17.0 Å². The molecule has 0 fully saturated rings. The number of rotatable bonds is 7. The van der Waals surface area contributed by atoms with E-state index in [9.17, 15) is 4.79 Å². The maximum absolute atomic E-state index is 13.0. The van der Waals surface area contributed by atoms with Gasteiger partial charge in [0.25, 0.3) is 5.89 Å². The van der Waals surface area contributed by atoms with Gasteiger partial charge in [0, 0.05) is 17.8 Å². The number of allylic oxidation sites excluding steroid dienone is 1. The third-order valence-electron chi connectivity index (χ3n) is 5.36. The molecule has 7 nitrogen and oxygen atoms in total. The number of hydrogen-bond acceptors (Lipinski definition) is 5. The second-order valence-corrected chi connectivity index (χ2v) is 8.18. The Morgan fingerprint density at radius 3 is 2.50 bits per heavy atom. The van der Waals surface area contributed by atoms with Crippen molar-refractivity contribution in [3.63, 3.8) is 0 Å². The monoisotopic (exact) mass is 432 g/mol. The molecule has 0 spiro atoms. The number of aromatic nitrogens is 2. The Balaban J connectivity index is 1.78. The second-order valence-electron chi connectivity index (χ2n) is 8.18. The molecule has 1 atom stereocenters. The molecule has 2 aromatic carbocycles. The summed E-state index contributed by atoms with van der Waals surface area (Å²) in [5.41, 5.74) is 3.39. The predicted octanol–water partition coefficient (Wildman–Crippen LogP) is 5.29. The van der Waals surface area contributed by atoms with Crippen molar-refractivity contribution in [3.8, 4) is 17.1 Å². The lowest BCUT2D eigenvalue weighted by Gasteiger charge is -2.36. The van der Waals surface area contributed by atoms with Crippen molar-refractivity contribution in [3.05, 3.63) is 71.7 Å². The van der Waals surface area contributed by atoms with E-state index in [0.29, 0.717) is 30.8 Å². The molecule has 7 heteroatoms. The molecule has 1 aliphatic heterocycles. The molecule has 0 saturated heterocycles. The summed E-state index contributed by atoms with van der Waals surface area (Å²) in [4.78, 5) is 19.4.